The number of benzene rings is 3. The lowest BCUT2D eigenvalue weighted by Crippen LogP contribution is -2.39. The zero-order chi connectivity index (χ0) is 24.9. The van der Waals surface area contributed by atoms with Crippen LogP contribution in [0.1, 0.15) is 63.0 Å². The molecule has 6 nitrogen and oxygen atoms in total. The van der Waals surface area contributed by atoms with Crippen LogP contribution in [-0.4, -0.2) is 29.8 Å². The van der Waals surface area contributed by atoms with Crippen LogP contribution < -0.4 is 14.8 Å². The number of carbonyl (C=O) groups is 3. The molecule has 6 heteroatoms. The molecule has 0 saturated heterocycles. The summed E-state index contributed by atoms with van der Waals surface area (Å²) in [4.78, 5) is 38.3. The van der Waals surface area contributed by atoms with E-state index in [9.17, 15) is 14.4 Å². The molecule has 0 unspecified atom stereocenters. The molecule has 0 saturated carbocycles. The number of hydrogen-bond acceptors (Lipinski definition) is 6. The number of nitrogens with one attached hydrogen (secondary N) is 1. The first-order chi connectivity index (χ1) is 16.0. The van der Waals surface area contributed by atoms with Gasteiger partial charge in [0.25, 0.3) is 0 Å². The maximum atomic E-state index is 12.9. The normalized spacial score (nSPS) is 11.1. The van der Waals surface area contributed by atoms with Gasteiger partial charge in [0, 0.05) is 11.1 Å². The zero-order valence-electron chi connectivity index (χ0n) is 20.1. The van der Waals surface area contributed by atoms with Crippen molar-refractivity contribution >= 4 is 17.7 Å². The molecule has 0 aliphatic heterocycles. The number of rotatable bonds is 7. The molecule has 0 fully saturated rings. The monoisotopic (exact) mass is 459 g/mol. The van der Waals surface area contributed by atoms with E-state index in [1.165, 1.54) is 12.1 Å². The summed E-state index contributed by atoms with van der Waals surface area (Å²) in [5.74, 6) is -1.34. The lowest BCUT2D eigenvalue weighted by atomic mass is 10.1. The lowest BCUT2D eigenvalue weighted by Gasteiger charge is -2.20. The predicted molar refractivity (Wildman–Crippen MR) is 131 cm³/mol. The molecule has 0 heterocycles. The van der Waals surface area contributed by atoms with Gasteiger partial charge in [-0.25, -0.2) is 9.59 Å². The third-order valence-electron chi connectivity index (χ3n) is 5.10. The van der Waals surface area contributed by atoms with E-state index in [1.54, 1.807) is 55.5 Å². The van der Waals surface area contributed by atoms with E-state index in [2.05, 4.69) is 5.32 Å². The number of esters is 2. The second kappa shape index (κ2) is 10.4. The second-order valence-electron chi connectivity index (χ2n) is 9.15. The SMILES string of the molecule is Cc1ccc(C(=O)Oc2ccc(C(=O)CNC(C)(C)C)cc2OC(=O)c2ccccc2C)cc1. The molecule has 176 valence electrons. The van der Waals surface area contributed by atoms with Crippen LogP contribution in [0.25, 0.3) is 0 Å². The largest absolute Gasteiger partial charge is 0.419 e. The van der Waals surface area contributed by atoms with E-state index < -0.39 is 11.9 Å². The number of ether oxygens (including phenoxy) is 2. The number of Topliss-reactive ketones (excluding diaryl/α,β-unsaturated/α-hetero) is 1. The number of aryl methyl sites for hydroxylation is 2. The first-order valence-corrected chi connectivity index (χ1v) is 11.0. The Morgan fingerprint density at radius 3 is 2.03 bits per heavy atom. The molecule has 0 aliphatic carbocycles. The fourth-order valence-corrected chi connectivity index (χ4v) is 3.10. The first-order valence-electron chi connectivity index (χ1n) is 11.0. The summed E-state index contributed by atoms with van der Waals surface area (Å²) in [5, 5.41) is 3.14. The van der Waals surface area contributed by atoms with Crippen molar-refractivity contribution in [3.8, 4) is 11.5 Å². The van der Waals surface area contributed by atoms with E-state index in [1.807, 2.05) is 33.8 Å². The summed E-state index contributed by atoms with van der Waals surface area (Å²) in [6, 6.07) is 18.4. The minimum absolute atomic E-state index is 0.00433. The summed E-state index contributed by atoms with van der Waals surface area (Å²) in [6.07, 6.45) is 0. The van der Waals surface area contributed by atoms with Crippen molar-refractivity contribution < 1.29 is 23.9 Å². The van der Waals surface area contributed by atoms with Crippen molar-refractivity contribution in [2.75, 3.05) is 6.54 Å². The van der Waals surface area contributed by atoms with Gasteiger partial charge in [-0.05, 0) is 76.6 Å². The van der Waals surface area contributed by atoms with Gasteiger partial charge < -0.3 is 14.8 Å². The molecule has 0 radical (unpaired) electrons. The van der Waals surface area contributed by atoms with Crippen molar-refractivity contribution in [1.29, 1.82) is 0 Å². The Labute approximate surface area is 199 Å². The van der Waals surface area contributed by atoms with Crippen LogP contribution in [0.3, 0.4) is 0 Å². The molecule has 1 N–H and O–H groups in total. The summed E-state index contributed by atoms with van der Waals surface area (Å²) >= 11 is 0. The molecule has 0 spiro atoms. The Hall–Kier alpha value is -3.77. The van der Waals surface area contributed by atoms with Crippen molar-refractivity contribution in [2.45, 2.75) is 40.2 Å². The van der Waals surface area contributed by atoms with E-state index in [0.29, 0.717) is 16.7 Å². The fourth-order valence-electron chi connectivity index (χ4n) is 3.10. The Balaban J connectivity index is 1.91. The molecule has 0 aromatic heterocycles. The van der Waals surface area contributed by atoms with Gasteiger partial charge in [-0.1, -0.05) is 35.9 Å². The van der Waals surface area contributed by atoms with Gasteiger partial charge >= 0.3 is 11.9 Å². The number of carbonyl (C=O) groups excluding carboxylic acids is 3. The van der Waals surface area contributed by atoms with Crippen molar-refractivity contribution in [1.82, 2.24) is 5.32 Å². The van der Waals surface area contributed by atoms with Gasteiger partial charge in [-0.15, -0.1) is 0 Å². The van der Waals surface area contributed by atoms with Gasteiger partial charge in [0.1, 0.15) is 0 Å². The van der Waals surface area contributed by atoms with Crippen LogP contribution in [0.15, 0.2) is 66.7 Å². The molecule has 0 bridgehead atoms. The maximum absolute atomic E-state index is 12.9. The second-order valence-corrected chi connectivity index (χ2v) is 9.15. The highest BCUT2D eigenvalue weighted by Gasteiger charge is 2.20. The summed E-state index contributed by atoms with van der Waals surface area (Å²) in [7, 11) is 0. The average molecular weight is 460 g/mol. The van der Waals surface area contributed by atoms with Crippen LogP contribution in [-0.2, 0) is 0 Å². The Morgan fingerprint density at radius 1 is 0.765 bits per heavy atom. The zero-order valence-corrected chi connectivity index (χ0v) is 20.1. The molecule has 0 amide bonds. The minimum Gasteiger partial charge on any atom is -0.419 e. The molecule has 34 heavy (non-hydrogen) atoms. The van der Waals surface area contributed by atoms with E-state index in [-0.39, 0.29) is 29.4 Å². The van der Waals surface area contributed by atoms with Crippen molar-refractivity contribution in [3.05, 3.63) is 94.5 Å². The van der Waals surface area contributed by atoms with Crippen molar-refractivity contribution in [3.63, 3.8) is 0 Å². The molecule has 0 atom stereocenters. The van der Waals surface area contributed by atoms with Gasteiger partial charge in [-0.3, -0.25) is 4.79 Å². The van der Waals surface area contributed by atoms with Gasteiger partial charge in [0.05, 0.1) is 17.7 Å². The first kappa shape index (κ1) is 24.9. The van der Waals surface area contributed by atoms with Crippen LogP contribution in [0.5, 0.6) is 11.5 Å². The Bertz CT molecular complexity index is 1210. The number of ketones is 1. The van der Waals surface area contributed by atoms with E-state index in [4.69, 9.17) is 9.47 Å². The quantitative estimate of drug-likeness (QED) is 0.293. The van der Waals surface area contributed by atoms with Crippen LogP contribution in [0, 0.1) is 13.8 Å². The molecular weight excluding hydrogens is 430 g/mol. The molecular formula is C28H29NO5. The highest BCUT2D eigenvalue weighted by molar-refractivity contribution is 5.99. The van der Waals surface area contributed by atoms with E-state index >= 15 is 0 Å². The minimum atomic E-state index is -0.608. The third-order valence-corrected chi connectivity index (χ3v) is 5.10. The fraction of sp³-hybridized carbons (Fsp3) is 0.250. The van der Waals surface area contributed by atoms with Crippen LogP contribution in [0.2, 0.25) is 0 Å². The highest BCUT2D eigenvalue weighted by atomic mass is 16.6. The van der Waals surface area contributed by atoms with Gasteiger partial charge in [0.2, 0.25) is 0 Å². The van der Waals surface area contributed by atoms with Crippen molar-refractivity contribution in [2.24, 2.45) is 0 Å². The third kappa shape index (κ3) is 6.62. The molecule has 3 rings (SSSR count). The van der Waals surface area contributed by atoms with Gasteiger partial charge in [0.15, 0.2) is 17.3 Å². The topological polar surface area (TPSA) is 81.7 Å². The Kier molecular flexibility index (Phi) is 7.64. The Morgan fingerprint density at radius 2 is 1.38 bits per heavy atom. The van der Waals surface area contributed by atoms with Crippen LogP contribution >= 0.6 is 0 Å². The standard InChI is InChI=1S/C28H29NO5/c1-18-10-12-20(13-11-18)26(31)33-24-15-14-21(23(30)17-29-28(3,4)5)16-25(24)34-27(32)22-9-7-6-8-19(22)2/h6-16,29H,17H2,1-5H3. The van der Waals surface area contributed by atoms with Crippen LogP contribution in [0.4, 0.5) is 0 Å². The molecule has 0 aliphatic rings. The molecule has 3 aromatic rings. The number of hydrogen-bond donors (Lipinski definition) is 1. The maximum Gasteiger partial charge on any atom is 0.343 e. The summed E-state index contributed by atoms with van der Waals surface area (Å²) < 4.78 is 11.2. The lowest BCUT2D eigenvalue weighted by molar-refractivity contribution is 0.0681. The summed E-state index contributed by atoms with van der Waals surface area (Å²) in [5.41, 5.74) is 2.59. The smallest absolute Gasteiger partial charge is 0.343 e. The van der Waals surface area contributed by atoms with E-state index in [0.717, 1.165) is 11.1 Å². The summed E-state index contributed by atoms with van der Waals surface area (Å²) in [6.45, 7) is 9.71. The van der Waals surface area contributed by atoms with Gasteiger partial charge in [-0.2, -0.15) is 0 Å². The molecule has 3 aromatic carbocycles. The predicted octanol–water partition coefficient (Wildman–Crippen LogP) is 5.31. The average Bonchev–Trinajstić information content (AvgIpc) is 2.78. The highest BCUT2D eigenvalue weighted by Crippen LogP contribution is 2.31.